The Labute approximate surface area is 242 Å². The molecule has 1 N–H and O–H groups in total. The first-order chi connectivity index (χ1) is 19.0. The summed E-state index contributed by atoms with van der Waals surface area (Å²) >= 11 is 0. The zero-order chi connectivity index (χ0) is 30.1. The zero-order valence-corrected chi connectivity index (χ0v) is 25.6. The number of hydrogen-bond donors (Lipinski definition) is 1. The van der Waals surface area contributed by atoms with Crippen molar-refractivity contribution in [2.45, 2.75) is 65.6 Å². The molecule has 41 heavy (non-hydrogen) atoms. The van der Waals surface area contributed by atoms with Crippen LogP contribution in [0, 0.1) is 34.0 Å². The molecule has 2 aromatic carbocycles. The number of fused-ring (bicyclic) bond motifs is 5. The number of ketones is 3. The molecule has 2 aromatic rings. The molecule has 3 fully saturated rings. The van der Waals surface area contributed by atoms with Crippen LogP contribution in [-0.4, -0.2) is 56.0 Å². The highest BCUT2D eigenvalue weighted by Crippen LogP contribution is 2.59. The number of ether oxygens (including phenoxy) is 1. The summed E-state index contributed by atoms with van der Waals surface area (Å²) in [5.74, 6) is -0.323. The third kappa shape index (κ3) is 4.83. The number of benzene rings is 2. The number of nitrogens with zero attached hydrogens (tertiary/aromatic N) is 1. The summed E-state index contributed by atoms with van der Waals surface area (Å²) in [6, 6.07) is 12.4. The van der Waals surface area contributed by atoms with Gasteiger partial charge in [0.25, 0.3) is 10.1 Å². The normalized spacial score (nSPS) is 29.4. The van der Waals surface area contributed by atoms with Crippen LogP contribution < -0.4 is 4.90 Å². The number of carbonyl (C=O) groups is 3. The molecule has 0 amide bonds. The van der Waals surface area contributed by atoms with E-state index in [-0.39, 0.29) is 45.9 Å². The summed E-state index contributed by atoms with van der Waals surface area (Å²) in [5, 5.41) is 1.08. The Morgan fingerprint density at radius 3 is 2.20 bits per heavy atom. The van der Waals surface area contributed by atoms with Crippen LogP contribution >= 0.6 is 0 Å². The molecule has 1 heterocycles. The molecule has 4 aliphatic rings. The lowest BCUT2D eigenvalue weighted by Gasteiger charge is -2.47. The molecule has 2 bridgehead atoms. The van der Waals surface area contributed by atoms with Crippen LogP contribution in [-0.2, 0) is 35.7 Å². The first-order valence-corrected chi connectivity index (χ1v) is 15.8. The molecule has 4 atom stereocenters. The van der Waals surface area contributed by atoms with E-state index in [0.29, 0.717) is 39.0 Å². The summed E-state index contributed by atoms with van der Waals surface area (Å²) in [7, 11) is -2.58. The largest absolute Gasteiger partial charge is 0.364 e. The molecule has 3 aliphatic carbocycles. The van der Waals surface area contributed by atoms with Crippen LogP contribution in [0.2, 0.25) is 0 Å². The van der Waals surface area contributed by atoms with E-state index in [2.05, 4.69) is 29.2 Å². The Bertz CT molecular complexity index is 1510. The molecule has 1 aliphatic heterocycles. The summed E-state index contributed by atoms with van der Waals surface area (Å²) in [6.45, 7) is 10.8. The minimum absolute atomic E-state index is 0.0819. The molecule has 222 valence electrons. The van der Waals surface area contributed by atoms with Crippen molar-refractivity contribution in [2.75, 3.05) is 25.3 Å². The van der Waals surface area contributed by atoms with Crippen molar-refractivity contribution >= 4 is 43.9 Å². The Kier molecular flexibility index (Phi) is 7.27. The Balaban J connectivity index is 0.000000191. The van der Waals surface area contributed by atoms with Crippen LogP contribution in [0.3, 0.4) is 0 Å². The molecule has 0 radical (unpaired) electrons. The van der Waals surface area contributed by atoms with Crippen LogP contribution in [0.4, 0.5) is 5.69 Å². The topological polar surface area (TPSA) is 118 Å². The predicted octanol–water partition coefficient (Wildman–Crippen LogP) is 4.87. The summed E-state index contributed by atoms with van der Waals surface area (Å²) < 4.78 is 36.8. The fourth-order valence-electron chi connectivity index (χ4n) is 7.92. The number of carbonyl (C=O) groups excluding carboxylic acids is 3. The van der Waals surface area contributed by atoms with Crippen molar-refractivity contribution in [3.63, 3.8) is 0 Å². The van der Waals surface area contributed by atoms with Crippen molar-refractivity contribution in [1.29, 1.82) is 0 Å². The highest BCUT2D eigenvalue weighted by atomic mass is 32.2. The van der Waals surface area contributed by atoms with E-state index in [0.717, 1.165) is 22.0 Å². The van der Waals surface area contributed by atoms with Gasteiger partial charge in [0, 0.05) is 38.1 Å². The molecule has 9 heteroatoms. The molecule has 8 nitrogen and oxygen atoms in total. The smallest absolute Gasteiger partial charge is 0.275 e. The predicted molar refractivity (Wildman–Crippen MR) is 157 cm³/mol. The highest BCUT2D eigenvalue weighted by molar-refractivity contribution is 7.87. The van der Waals surface area contributed by atoms with Gasteiger partial charge < -0.3 is 9.64 Å². The fraction of sp³-hybridized carbons (Fsp3) is 0.594. The first kappa shape index (κ1) is 29.9. The maximum Gasteiger partial charge on any atom is 0.275 e. The van der Waals surface area contributed by atoms with Gasteiger partial charge in [0.2, 0.25) is 0 Å². The van der Waals surface area contributed by atoms with Crippen LogP contribution in [0.15, 0.2) is 36.4 Å². The van der Waals surface area contributed by atoms with Crippen LogP contribution in [0.1, 0.15) is 59.4 Å². The Hall–Kier alpha value is -2.62. The van der Waals surface area contributed by atoms with Gasteiger partial charge in [-0.15, -0.1) is 0 Å². The van der Waals surface area contributed by atoms with Gasteiger partial charge in [-0.05, 0) is 57.9 Å². The lowest BCUT2D eigenvalue weighted by Crippen LogP contribution is -2.57. The van der Waals surface area contributed by atoms with Crippen LogP contribution in [0.5, 0.6) is 0 Å². The van der Waals surface area contributed by atoms with Gasteiger partial charge in [0.05, 0.1) is 0 Å². The van der Waals surface area contributed by atoms with Gasteiger partial charge in [0.1, 0.15) is 29.0 Å². The van der Waals surface area contributed by atoms with E-state index in [1.165, 1.54) is 0 Å². The van der Waals surface area contributed by atoms with E-state index >= 15 is 0 Å². The number of methoxy groups -OCH3 is 1. The third-order valence-corrected chi connectivity index (χ3v) is 11.7. The van der Waals surface area contributed by atoms with Crippen molar-refractivity contribution in [3.05, 3.63) is 42.0 Å². The SMILES string of the molecule is COCN1CC2(Cc3c1ccc1ccccc31)C(=O)CC(C)(C)CC2=O.C[C@H]1[C@H]2C[C@H]([C@@H](S(=O)(=O)O)C2=O)C1(C)C. The molecule has 3 saturated carbocycles. The van der Waals surface area contributed by atoms with Crippen molar-refractivity contribution in [3.8, 4) is 0 Å². The van der Waals surface area contributed by atoms with E-state index in [1.54, 1.807) is 7.11 Å². The Morgan fingerprint density at radius 2 is 1.61 bits per heavy atom. The first-order valence-electron chi connectivity index (χ1n) is 14.3. The van der Waals surface area contributed by atoms with E-state index < -0.39 is 20.8 Å². The molecular weight excluding hydrogens is 542 g/mol. The van der Waals surface area contributed by atoms with E-state index in [9.17, 15) is 22.8 Å². The maximum atomic E-state index is 13.2. The number of hydrogen-bond acceptors (Lipinski definition) is 7. The molecule has 0 aromatic heterocycles. The molecule has 0 unspecified atom stereocenters. The van der Waals surface area contributed by atoms with Gasteiger partial charge in [-0.25, -0.2) is 0 Å². The minimum Gasteiger partial charge on any atom is -0.364 e. The lowest BCUT2D eigenvalue weighted by molar-refractivity contribution is -0.148. The highest BCUT2D eigenvalue weighted by Gasteiger charge is 2.63. The van der Waals surface area contributed by atoms with Crippen molar-refractivity contribution in [1.82, 2.24) is 0 Å². The van der Waals surface area contributed by atoms with Gasteiger partial charge in [0.15, 0.2) is 5.78 Å². The summed E-state index contributed by atoms with van der Waals surface area (Å²) in [5.41, 5.74) is 0.795. The van der Waals surface area contributed by atoms with E-state index in [4.69, 9.17) is 9.29 Å². The van der Waals surface area contributed by atoms with Crippen molar-refractivity contribution in [2.24, 2.45) is 34.0 Å². The zero-order valence-electron chi connectivity index (χ0n) is 24.8. The molecular formula is C32H41NO7S. The average Bonchev–Trinajstić information content (AvgIpc) is 3.35. The molecule has 1 spiro atoms. The summed E-state index contributed by atoms with van der Waals surface area (Å²) in [6.07, 6.45) is 2.02. The maximum absolute atomic E-state index is 13.2. The van der Waals surface area contributed by atoms with Crippen molar-refractivity contribution < 1.29 is 32.1 Å². The second kappa shape index (κ2) is 9.99. The van der Waals surface area contributed by atoms with Gasteiger partial charge in [-0.1, -0.05) is 65.0 Å². The Morgan fingerprint density at radius 1 is 0.976 bits per heavy atom. The second-order valence-electron chi connectivity index (χ2n) is 13.9. The molecule has 6 rings (SSSR count). The van der Waals surface area contributed by atoms with Gasteiger partial charge in [-0.3, -0.25) is 18.9 Å². The number of Topliss-reactive ketones (excluding diaryl/α,β-unsaturated/α-hetero) is 3. The average molecular weight is 584 g/mol. The minimum atomic E-state index is -4.23. The second-order valence-corrected chi connectivity index (χ2v) is 15.5. The molecule has 0 saturated heterocycles. The summed E-state index contributed by atoms with van der Waals surface area (Å²) in [4.78, 5) is 40.2. The number of rotatable bonds is 3. The van der Waals surface area contributed by atoms with Gasteiger partial charge >= 0.3 is 0 Å². The lowest BCUT2D eigenvalue weighted by atomic mass is 9.60. The van der Waals surface area contributed by atoms with Crippen LogP contribution in [0.25, 0.3) is 10.8 Å². The quantitative estimate of drug-likeness (QED) is 0.402. The fourth-order valence-corrected chi connectivity index (χ4v) is 9.27. The van der Waals surface area contributed by atoms with E-state index in [1.807, 2.05) is 46.8 Å². The van der Waals surface area contributed by atoms with Gasteiger partial charge in [-0.2, -0.15) is 8.42 Å². The standard InChI is InChI=1S/C22H25NO3.C10H16O4S/c1-21(2)11-19(24)22(20(25)12-21)10-17-16-7-5-4-6-15(16)8-9-18(17)23(13-22)14-26-3;1-5-6-4-7(10(5,2)3)9(8(6)11)15(12,13)14/h4-9H,10-14H2,1-3H3;5-7,9H,4H2,1-3H3,(H,12,13,14)/t;5-,6+,7+,9+/m.0/s1. The third-order valence-electron chi connectivity index (χ3n) is 10.5. The number of anilines is 1. The monoisotopic (exact) mass is 583 g/mol.